The summed E-state index contributed by atoms with van der Waals surface area (Å²) in [6.45, 7) is 6.25. The summed E-state index contributed by atoms with van der Waals surface area (Å²) in [5.74, 6) is -0.303. The number of aryl methyl sites for hydroxylation is 1. The minimum absolute atomic E-state index is 0.0186. The van der Waals surface area contributed by atoms with Gasteiger partial charge >= 0.3 is 6.03 Å². The summed E-state index contributed by atoms with van der Waals surface area (Å²) in [6.07, 6.45) is 1.39. The first kappa shape index (κ1) is 18.5. The Kier molecular flexibility index (Phi) is 5.80. The first-order valence-corrected chi connectivity index (χ1v) is 7.95. The molecule has 0 aliphatic carbocycles. The van der Waals surface area contributed by atoms with E-state index in [-0.39, 0.29) is 11.7 Å². The van der Waals surface area contributed by atoms with Crippen LogP contribution in [0, 0.1) is 18.7 Å². The van der Waals surface area contributed by atoms with Crippen LogP contribution in [0.4, 0.5) is 20.6 Å². The standard InChI is InChI=1S/C18H22FN3O3/c1-11(2)10-22(4)18(24)20-13-5-6-15(19)16(9-13)21-17(23)14-7-8-25-12(14)3/h5-9,11H,10H2,1-4H3,(H,20,24)(H,21,23). The molecule has 0 fully saturated rings. The van der Waals surface area contributed by atoms with Crippen molar-refractivity contribution in [1.29, 1.82) is 0 Å². The Bertz CT molecular complexity index is 771. The quantitative estimate of drug-likeness (QED) is 0.855. The fourth-order valence-electron chi connectivity index (χ4n) is 2.36. The highest BCUT2D eigenvalue weighted by molar-refractivity contribution is 6.05. The Hall–Kier alpha value is -2.83. The number of benzene rings is 1. The maximum absolute atomic E-state index is 14.0. The van der Waals surface area contributed by atoms with Crippen molar-refractivity contribution >= 4 is 23.3 Å². The molecule has 0 spiro atoms. The monoisotopic (exact) mass is 347 g/mol. The topological polar surface area (TPSA) is 74.6 Å². The van der Waals surface area contributed by atoms with E-state index in [1.54, 1.807) is 18.9 Å². The van der Waals surface area contributed by atoms with Crippen molar-refractivity contribution in [3.63, 3.8) is 0 Å². The molecule has 0 atom stereocenters. The predicted molar refractivity (Wildman–Crippen MR) is 94.3 cm³/mol. The minimum atomic E-state index is -0.594. The van der Waals surface area contributed by atoms with Gasteiger partial charge < -0.3 is 20.0 Å². The van der Waals surface area contributed by atoms with Gasteiger partial charge in [0.2, 0.25) is 0 Å². The lowest BCUT2D eigenvalue weighted by molar-refractivity contribution is 0.102. The number of anilines is 2. The third-order valence-corrected chi connectivity index (χ3v) is 3.55. The zero-order valence-corrected chi connectivity index (χ0v) is 14.7. The lowest BCUT2D eigenvalue weighted by Gasteiger charge is -2.20. The molecule has 1 aromatic carbocycles. The van der Waals surface area contributed by atoms with E-state index in [2.05, 4.69) is 10.6 Å². The van der Waals surface area contributed by atoms with Crippen molar-refractivity contribution < 1.29 is 18.4 Å². The van der Waals surface area contributed by atoms with E-state index in [1.807, 2.05) is 13.8 Å². The number of hydrogen-bond acceptors (Lipinski definition) is 3. The Morgan fingerprint density at radius 2 is 1.96 bits per heavy atom. The zero-order valence-electron chi connectivity index (χ0n) is 14.7. The average Bonchev–Trinajstić information content (AvgIpc) is 2.96. The lowest BCUT2D eigenvalue weighted by atomic mass is 10.2. The maximum atomic E-state index is 14.0. The van der Waals surface area contributed by atoms with Crippen LogP contribution >= 0.6 is 0 Å². The van der Waals surface area contributed by atoms with Gasteiger partial charge in [0.25, 0.3) is 5.91 Å². The molecule has 2 aromatic rings. The molecule has 2 rings (SSSR count). The highest BCUT2D eigenvalue weighted by atomic mass is 19.1. The Morgan fingerprint density at radius 1 is 1.24 bits per heavy atom. The van der Waals surface area contributed by atoms with Crippen LogP contribution in [0.3, 0.4) is 0 Å². The van der Waals surface area contributed by atoms with Gasteiger partial charge in [0.1, 0.15) is 11.6 Å². The number of halogens is 1. The number of furan rings is 1. The number of nitrogens with one attached hydrogen (secondary N) is 2. The van der Waals surface area contributed by atoms with Gasteiger partial charge in [-0.3, -0.25) is 4.79 Å². The van der Waals surface area contributed by atoms with E-state index in [0.717, 1.165) is 0 Å². The van der Waals surface area contributed by atoms with E-state index in [0.29, 0.717) is 29.5 Å². The van der Waals surface area contributed by atoms with Crippen LogP contribution in [0.1, 0.15) is 30.0 Å². The summed E-state index contributed by atoms with van der Waals surface area (Å²) in [7, 11) is 1.68. The van der Waals surface area contributed by atoms with Crippen molar-refractivity contribution in [1.82, 2.24) is 4.90 Å². The smallest absolute Gasteiger partial charge is 0.321 e. The third kappa shape index (κ3) is 4.82. The van der Waals surface area contributed by atoms with E-state index in [4.69, 9.17) is 4.42 Å². The molecule has 134 valence electrons. The summed E-state index contributed by atoms with van der Waals surface area (Å²) >= 11 is 0. The first-order valence-electron chi connectivity index (χ1n) is 7.95. The first-order chi connectivity index (χ1) is 11.8. The van der Waals surface area contributed by atoms with Crippen LogP contribution in [-0.2, 0) is 0 Å². The summed E-state index contributed by atoms with van der Waals surface area (Å²) < 4.78 is 19.0. The van der Waals surface area contributed by atoms with Gasteiger partial charge in [-0.1, -0.05) is 13.8 Å². The highest BCUT2D eigenvalue weighted by Gasteiger charge is 2.15. The van der Waals surface area contributed by atoms with Gasteiger partial charge in [0, 0.05) is 19.3 Å². The lowest BCUT2D eigenvalue weighted by Crippen LogP contribution is -2.34. The minimum Gasteiger partial charge on any atom is -0.469 e. The fraction of sp³-hybridized carbons (Fsp3) is 0.333. The third-order valence-electron chi connectivity index (χ3n) is 3.55. The molecule has 1 heterocycles. The van der Waals surface area contributed by atoms with E-state index < -0.39 is 11.7 Å². The van der Waals surface area contributed by atoms with E-state index in [9.17, 15) is 14.0 Å². The van der Waals surface area contributed by atoms with Crippen LogP contribution < -0.4 is 10.6 Å². The molecule has 0 saturated carbocycles. The van der Waals surface area contributed by atoms with Crippen LogP contribution in [0.15, 0.2) is 34.9 Å². The predicted octanol–water partition coefficient (Wildman–Crippen LogP) is 4.10. The second kappa shape index (κ2) is 7.83. The summed E-state index contributed by atoms with van der Waals surface area (Å²) in [4.78, 5) is 25.8. The van der Waals surface area contributed by atoms with Gasteiger partial charge in [0.15, 0.2) is 0 Å². The number of urea groups is 1. The van der Waals surface area contributed by atoms with Crippen molar-refractivity contribution in [3.05, 3.63) is 47.7 Å². The molecule has 0 unspecified atom stereocenters. The van der Waals surface area contributed by atoms with Crippen molar-refractivity contribution in [3.8, 4) is 0 Å². The summed E-state index contributed by atoms with van der Waals surface area (Å²) in [5.41, 5.74) is 0.696. The van der Waals surface area contributed by atoms with E-state index in [1.165, 1.54) is 30.5 Å². The number of carbonyl (C=O) groups excluding carboxylic acids is 2. The molecule has 3 amide bonds. The highest BCUT2D eigenvalue weighted by Crippen LogP contribution is 2.21. The van der Waals surface area contributed by atoms with Crippen molar-refractivity contribution in [2.24, 2.45) is 5.92 Å². The molecule has 0 aliphatic rings. The van der Waals surface area contributed by atoms with Gasteiger partial charge in [-0.15, -0.1) is 0 Å². The van der Waals surface area contributed by atoms with Crippen LogP contribution in [0.25, 0.3) is 0 Å². The molecule has 7 heteroatoms. The van der Waals surface area contributed by atoms with Crippen LogP contribution in [0.5, 0.6) is 0 Å². The van der Waals surface area contributed by atoms with Crippen LogP contribution in [0.2, 0.25) is 0 Å². The molecule has 1 aromatic heterocycles. The molecule has 6 nitrogen and oxygen atoms in total. The second-order valence-corrected chi connectivity index (χ2v) is 6.24. The van der Waals surface area contributed by atoms with Crippen LogP contribution in [-0.4, -0.2) is 30.4 Å². The number of carbonyl (C=O) groups is 2. The molecular formula is C18H22FN3O3. The van der Waals surface area contributed by atoms with Gasteiger partial charge in [-0.05, 0) is 37.1 Å². The summed E-state index contributed by atoms with van der Waals surface area (Å²) in [6, 6.07) is 5.22. The molecule has 0 saturated heterocycles. The molecule has 0 bridgehead atoms. The largest absolute Gasteiger partial charge is 0.469 e. The zero-order chi connectivity index (χ0) is 18.6. The SMILES string of the molecule is Cc1occc1C(=O)Nc1cc(NC(=O)N(C)CC(C)C)ccc1F. The average molecular weight is 347 g/mol. The molecule has 25 heavy (non-hydrogen) atoms. The normalized spacial score (nSPS) is 10.6. The number of nitrogens with zero attached hydrogens (tertiary/aromatic N) is 1. The van der Waals surface area contributed by atoms with Gasteiger partial charge in [0.05, 0.1) is 17.5 Å². The Labute approximate surface area is 146 Å². The van der Waals surface area contributed by atoms with Crippen molar-refractivity contribution in [2.45, 2.75) is 20.8 Å². The number of hydrogen-bond donors (Lipinski definition) is 2. The van der Waals surface area contributed by atoms with Crippen molar-refractivity contribution in [2.75, 3.05) is 24.2 Å². The number of rotatable bonds is 5. The summed E-state index contributed by atoms with van der Waals surface area (Å²) in [5, 5.41) is 5.17. The second-order valence-electron chi connectivity index (χ2n) is 6.24. The van der Waals surface area contributed by atoms with E-state index >= 15 is 0 Å². The molecule has 0 radical (unpaired) electrons. The maximum Gasteiger partial charge on any atom is 0.321 e. The Morgan fingerprint density at radius 3 is 2.56 bits per heavy atom. The Balaban J connectivity index is 2.11. The molecule has 0 aliphatic heterocycles. The number of amides is 3. The fourth-order valence-corrected chi connectivity index (χ4v) is 2.36. The van der Waals surface area contributed by atoms with Gasteiger partial charge in [-0.2, -0.15) is 0 Å². The van der Waals surface area contributed by atoms with Gasteiger partial charge in [-0.25, -0.2) is 9.18 Å². The molecular weight excluding hydrogens is 325 g/mol. The molecule has 2 N–H and O–H groups in total.